The summed E-state index contributed by atoms with van der Waals surface area (Å²) in [5.74, 6) is -0.394. The van der Waals surface area contributed by atoms with Crippen LogP contribution >= 0.6 is 0 Å². The third-order valence-corrected chi connectivity index (χ3v) is 4.31. The lowest BCUT2D eigenvalue weighted by molar-refractivity contribution is -0.385. The highest BCUT2D eigenvalue weighted by Crippen LogP contribution is 2.42. The quantitative estimate of drug-likeness (QED) is 0.678. The number of fused-ring (bicyclic) bond motifs is 1. The SMILES string of the molecule is Cc1ccc2c(c1C)NC(=O)C[C@@H]2c1ccccc1[N+](=O)[O-]. The number of anilines is 1. The summed E-state index contributed by atoms with van der Waals surface area (Å²) < 4.78 is 0. The van der Waals surface area contributed by atoms with Gasteiger partial charge in [0.15, 0.2) is 0 Å². The lowest BCUT2D eigenvalue weighted by Crippen LogP contribution is -2.25. The zero-order chi connectivity index (χ0) is 15.9. The third-order valence-electron chi connectivity index (χ3n) is 4.31. The summed E-state index contributed by atoms with van der Waals surface area (Å²) in [6, 6.07) is 10.6. The van der Waals surface area contributed by atoms with Crippen molar-refractivity contribution < 1.29 is 9.72 Å². The number of nitro benzene ring substituents is 1. The first-order valence-electron chi connectivity index (χ1n) is 7.12. The monoisotopic (exact) mass is 296 g/mol. The maximum Gasteiger partial charge on any atom is 0.273 e. The van der Waals surface area contributed by atoms with E-state index in [0.717, 1.165) is 22.4 Å². The minimum absolute atomic E-state index is 0.0615. The van der Waals surface area contributed by atoms with Gasteiger partial charge < -0.3 is 5.32 Å². The maximum absolute atomic E-state index is 12.1. The summed E-state index contributed by atoms with van der Waals surface area (Å²) in [5, 5.41) is 14.2. The number of nitrogens with zero attached hydrogens (tertiary/aromatic N) is 1. The van der Waals surface area contributed by atoms with E-state index in [-0.39, 0.29) is 28.9 Å². The van der Waals surface area contributed by atoms with Gasteiger partial charge in [0.25, 0.3) is 5.69 Å². The average Bonchev–Trinajstić information content (AvgIpc) is 2.50. The van der Waals surface area contributed by atoms with Gasteiger partial charge in [-0.1, -0.05) is 30.3 Å². The Morgan fingerprint density at radius 3 is 2.59 bits per heavy atom. The number of nitro groups is 1. The molecule has 1 N–H and O–H groups in total. The highest BCUT2D eigenvalue weighted by Gasteiger charge is 2.31. The molecule has 0 spiro atoms. The predicted octanol–water partition coefficient (Wildman–Crippen LogP) is 3.69. The first-order chi connectivity index (χ1) is 10.5. The number of carbonyl (C=O) groups is 1. The third kappa shape index (κ3) is 2.24. The van der Waals surface area contributed by atoms with E-state index in [1.807, 2.05) is 26.0 Å². The molecule has 2 aromatic carbocycles. The van der Waals surface area contributed by atoms with Gasteiger partial charge in [-0.3, -0.25) is 14.9 Å². The smallest absolute Gasteiger partial charge is 0.273 e. The zero-order valence-corrected chi connectivity index (χ0v) is 12.4. The number of amides is 1. The molecule has 1 aliphatic rings. The van der Waals surface area contributed by atoms with Crippen molar-refractivity contribution in [2.75, 3.05) is 5.32 Å². The minimum Gasteiger partial charge on any atom is -0.326 e. The van der Waals surface area contributed by atoms with E-state index >= 15 is 0 Å². The van der Waals surface area contributed by atoms with E-state index in [9.17, 15) is 14.9 Å². The number of para-hydroxylation sites is 1. The molecule has 0 aliphatic carbocycles. The highest BCUT2D eigenvalue weighted by atomic mass is 16.6. The van der Waals surface area contributed by atoms with Crippen LogP contribution < -0.4 is 5.32 Å². The number of hydrogen-bond acceptors (Lipinski definition) is 3. The first-order valence-corrected chi connectivity index (χ1v) is 7.12. The van der Waals surface area contributed by atoms with Gasteiger partial charge in [0.1, 0.15) is 0 Å². The van der Waals surface area contributed by atoms with Crippen molar-refractivity contribution in [3.8, 4) is 0 Å². The number of benzene rings is 2. The Bertz CT molecular complexity index is 783. The van der Waals surface area contributed by atoms with Crippen molar-refractivity contribution >= 4 is 17.3 Å². The number of nitrogens with one attached hydrogen (secondary N) is 1. The molecule has 2 aromatic rings. The second kappa shape index (κ2) is 5.26. The average molecular weight is 296 g/mol. The molecule has 1 amide bonds. The van der Waals surface area contributed by atoms with Gasteiger partial charge in [-0.05, 0) is 30.5 Å². The number of rotatable bonds is 2. The molecule has 1 aliphatic heterocycles. The Morgan fingerprint density at radius 1 is 1.14 bits per heavy atom. The molecule has 0 fully saturated rings. The summed E-state index contributed by atoms with van der Waals surface area (Å²) in [5.41, 5.74) is 4.48. The Morgan fingerprint density at radius 2 is 1.86 bits per heavy atom. The lowest BCUT2D eigenvalue weighted by Gasteiger charge is -2.27. The molecule has 5 nitrogen and oxygen atoms in total. The Balaban J connectivity index is 2.21. The van der Waals surface area contributed by atoms with Crippen LogP contribution in [0.2, 0.25) is 0 Å². The summed E-state index contributed by atoms with van der Waals surface area (Å²) in [4.78, 5) is 23.0. The van der Waals surface area contributed by atoms with E-state index < -0.39 is 0 Å². The van der Waals surface area contributed by atoms with Gasteiger partial charge in [-0.15, -0.1) is 0 Å². The fraction of sp³-hybridized carbons (Fsp3) is 0.235. The van der Waals surface area contributed by atoms with Gasteiger partial charge in [-0.25, -0.2) is 0 Å². The topological polar surface area (TPSA) is 72.2 Å². The lowest BCUT2D eigenvalue weighted by atomic mass is 9.82. The summed E-state index contributed by atoms with van der Waals surface area (Å²) in [6.45, 7) is 3.94. The van der Waals surface area contributed by atoms with Crippen molar-refractivity contribution in [2.24, 2.45) is 0 Å². The molecular formula is C17H16N2O3. The van der Waals surface area contributed by atoms with Crippen LogP contribution in [0.4, 0.5) is 11.4 Å². The molecule has 0 radical (unpaired) electrons. The molecule has 5 heteroatoms. The molecular weight excluding hydrogens is 280 g/mol. The van der Waals surface area contributed by atoms with Gasteiger partial charge in [0, 0.05) is 29.7 Å². The second-order valence-corrected chi connectivity index (χ2v) is 5.59. The van der Waals surface area contributed by atoms with Crippen molar-refractivity contribution in [1.82, 2.24) is 0 Å². The summed E-state index contributed by atoms with van der Waals surface area (Å²) in [7, 11) is 0. The Labute approximate surface area is 128 Å². The van der Waals surface area contributed by atoms with E-state index in [1.165, 1.54) is 6.07 Å². The molecule has 1 heterocycles. The standard InChI is InChI=1S/C17H16N2O3/c1-10-7-8-13-14(9-16(20)18-17(13)11(10)2)12-5-3-4-6-15(12)19(21)22/h3-8,14H,9H2,1-2H3,(H,18,20)/t14-/m1/s1. The molecule has 3 rings (SSSR count). The van der Waals surface area contributed by atoms with E-state index in [4.69, 9.17) is 0 Å². The van der Waals surface area contributed by atoms with Crippen molar-refractivity contribution in [1.29, 1.82) is 0 Å². The number of aryl methyl sites for hydroxylation is 1. The van der Waals surface area contributed by atoms with E-state index in [2.05, 4.69) is 5.32 Å². The molecule has 0 aromatic heterocycles. The predicted molar refractivity (Wildman–Crippen MR) is 84.1 cm³/mol. The van der Waals surface area contributed by atoms with Gasteiger partial charge in [-0.2, -0.15) is 0 Å². The van der Waals surface area contributed by atoms with Crippen molar-refractivity contribution in [2.45, 2.75) is 26.2 Å². The largest absolute Gasteiger partial charge is 0.326 e. The van der Waals surface area contributed by atoms with Gasteiger partial charge >= 0.3 is 0 Å². The van der Waals surface area contributed by atoms with Crippen molar-refractivity contribution in [3.05, 3.63) is 68.8 Å². The molecule has 0 saturated heterocycles. The Kier molecular flexibility index (Phi) is 3.41. The Hall–Kier alpha value is -2.69. The molecule has 0 bridgehead atoms. The van der Waals surface area contributed by atoms with Gasteiger partial charge in [0.05, 0.1) is 4.92 Å². The van der Waals surface area contributed by atoms with Crippen LogP contribution in [0, 0.1) is 24.0 Å². The molecule has 22 heavy (non-hydrogen) atoms. The van der Waals surface area contributed by atoms with Crippen LogP contribution in [-0.2, 0) is 4.79 Å². The first kappa shape index (κ1) is 14.3. The van der Waals surface area contributed by atoms with Crippen LogP contribution in [0.15, 0.2) is 36.4 Å². The summed E-state index contributed by atoms with van der Waals surface area (Å²) in [6.07, 6.45) is 0.223. The minimum atomic E-state index is -0.386. The highest BCUT2D eigenvalue weighted by molar-refractivity contribution is 5.96. The van der Waals surface area contributed by atoms with Crippen LogP contribution in [0.25, 0.3) is 0 Å². The zero-order valence-electron chi connectivity index (χ0n) is 12.4. The van der Waals surface area contributed by atoms with Crippen molar-refractivity contribution in [3.63, 3.8) is 0 Å². The van der Waals surface area contributed by atoms with E-state index in [1.54, 1.807) is 18.2 Å². The molecule has 112 valence electrons. The van der Waals surface area contributed by atoms with Gasteiger partial charge in [0.2, 0.25) is 5.91 Å². The molecule has 0 unspecified atom stereocenters. The fourth-order valence-corrected chi connectivity index (χ4v) is 3.00. The van der Waals surface area contributed by atoms with Crippen LogP contribution in [-0.4, -0.2) is 10.8 Å². The van der Waals surface area contributed by atoms with Crippen LogP contribution in [0.1, 0.15) is 34.6 Å². The van der Waals surface area contributed by atoms with Crippen LogP contribution in [0.3, 0.4) is 0 Å². The molecule has 0 saturated carbocycles. The van der Waals surface area contributed by atoms with E-state index in [0.29, 0.717) is 5.56 Å². The molecule has 1 atom stereocenters. The maximum atomic E-state index is 12.1. The summed E-state index contributed by atoms with van der Waals surface area (Å²) >= 11 is 0. The normalized spacial score (nSPS) is 16.8. The number of hydrogen-bond donors (Lipinski definition) is 1. The second-order valence-electron chi connectivity index (χ2n) is 5.59. The van der Waals surface area contributed by atoms with Crippen LogP contribution in [0.5, 0.6) is 0 Å². The fourth-order valence-electron chi connectivity index (χ4n) is 3.00. The number of carbonyl (C=O) groups excluding carboxylic acids is 1.